The van der Waals surface area contributed by atoms with Gasteiger partial charge in [0.15, 0.2) is 5.82 Å². The maximum absolute atomic E-state index is 14.1. The summed E-state index contributed by atoms with van der Waals surface area (Å²) in [4.78, 5) is 20.5. The van der Waals surface area contributed by atoms with Gasteiger partial charge in [-0.25, -0.2) is 9.37 Å². The Bertz CT molecular complexity index is 841. The predicted octanol–water partition coefficient (Wildman–Crippen LogP) is 1.29. The molecule has 1 fully saturated rings. The van der Waals surface area contributed by atoms with E-state index in [9.17, 15) is 19.5 Å². The van der Waals surface area contributed by atoms with Crippen molar-refractivity contribution in [1.82, 2.24) is 19.6 Å². The molecule has 0 aromatic carbocycles. The number of pyridine rings is 1. The fourth-order valence-corrected chi connectivity index (χ4v) is 3.22. The van der Waals surface area contributed by atoms with Gasteiger partial charge in [0.1, 0.15) is 11.4 Å². The van der Waals surface area contributed by atoms with Gasteiger partial charge in [0.2, 0.25) is 0 Å². The van der Waals surface area contributed by atoms with Crippen molar-refractivity contribution in [3.8, 4) is 11.3 Å². The molecule has 2 atom stereocenters. The lowest BCUT2D eigenvalue weighted by atomic mass is 9.83. The Labute approximate surface area is 144 Å². The van der Waals surface area contributed by atoms with E-state index in [1.807, 2.05) is 6.92 Å². The van der Waals surface area contributed by atoms with Gasteiger partial charge in [-0.3, -0.25) is 14.3 Å². The molecule has 3 heterocycles. The van der Waals surface area contributed by atoms with Crippen molar-refractivity contribution >= 4 is 0 Å². The molecule has 2 unspecified atom stereocenters. The van der Waals surface area contributed by atoms with Crippen LogP contribution in [0.4, 0.5) is 4.39 Å². The number of halogens is 1. The molecule has 1 aliphatic rings. The molecule has 0 aliphatic carbocycles. The second kappa shape index (κ2) is 6.62. The monoisotopic (exact) mass is 348 g/mol. The average molecular weight is 348 g/mol. The maximum Gasteiger partial charge on any atom is 0.253 e. The molecule has 2 aromatic rings. The summed E-state index contributed by atoms with van der Waals surface area (Å²) in [6.07, 6.45) is 3.23. The van der Waals surface area contributed by atoms with Crippen LogP contribution in [0.25, 0.3) is 11.3 Å². The Balaban J connectivity index is 2.16. The largest absolute Gasteiger partial charge is 0.382 e. The van der Waals surface area contributed by atoms with Crippen LogP contribution < -0.4 is 5.56 Å². The fraction of sp³-hybridized carbons (Fsp3) is 0.471. The summed E-state index contributed by atoms with van der Waals surface area (Å²) in [5, 5.41) is 22.2. The highest BCUT2D eigenvalue weighted by Crippen LogP contribution is 2.36. The van der Waals surface area contributed by atoms with Crippen LogP contribution in [0.1, 0.15) is 25.6 Å². The Hall–Kier alpha value is -2.16. The smallest absolute Gasteiger partial charge is 0.253 e. The topological polar surface area (TPSA) is 91.5 Å². The fourth-order valence-electron chi connectivity index (χ4n) is 3.22. The normalized spacial score (nSPS) is 24.9. The lowest BCUT2D eigenvalue weighted by Crippen LogP contribution is -2.40. The van der Waals surface area contributed by atoms with E-state index in [2.05, 4.69) is 9.97 Å². The molecule has 1 aliphatic heterocycles. The molecule has 1 saturated heterocycles. The number of hydroxylamine groups is 2. The van der Waals surface area contributed by atoms with Crippen LogP contribution in [0.15, 0.2) is 29.3 Å². The first kappa shape index (κ1) is 17.7. The first-order valence-corrected chi connectivity index (χ1v) is 8.17. The molecule has 0 amide bonds. The van der Waals surface area contributed by atoms with Crippen LogP contribution in [0.5, 0.6) is 0 Å². The molecule has 0 bridgehead atoms. The van der Waals surface area contributed by atoms with Gasteiger partial charge >= 0.3 is 0 Å². The Kier molecular flexibility index (Phi) is 4.68. The predicted molar refractivity (Wildman–Crippen MR) is 88.3 cm³/mol. The quantitative estimate of drug-likeness (QED) is 0.850. The van der Waals surface area contributed by atoms with Crippen molar-refractivity contribution in [1.29, 1.82) is 0 Å². The molecular formula is C17H21FN4O3. The van der Waals surface area contributed by atoms with E-state index in [1.54, 1.807) is 0 Å². The van der Waals surface area contributed by atoms with E-state index >= 15 is 0 Å². The van der Waals surface area contributed by atoms with E-state index in [1.165, 1.54) is 29.9 Å². The summed E-state index contributed by atoms with van der Waals surface area (Å²) in [6, 6.07) is 2.68. The molecule has 2 N–H and O–H groups in total. The highest BCUT2D eigenvalue weighted by Gasteiger charge is 2.41. The zero-order valence-electron chi connectivity index (χ0n) is 14.2. The zero-order valence-corrected chi connectivity index (χ0v) is 14.2. The van der Waals surface area contributed by atoms with E-state index in [0.717, 1.165) is 11.3 Å². The van der Waals surface area contributed by atoms with Crippen LogP contribution in [0.3, 0.4) is 0 Å². The number of nitrogens with zero attached hydrogens (tertiary/aromatic N) is 4. The van der Waals surface area contributed by atoms with Crippen molar-refractivity contribution in [3.63, 3.8) is 0 Å². The van der Waals surface area contributed by atoms with Crippen LogP contribution in [0.2, 0.25) is 0 Å². The van der Waals surface area contributed by atoms with Crippen LogP contribution in [-0.2, 0) is 12.6 Å². The number of hydrogen-bond acceptors (Lipinski definition) is 6. The minimum atomic E-state index is -1.40. The summed E-state index contributed by atoms with van der Waals surface area (Å²) in [7, 11) is 1.53. The molecule has 25 heavy (non-hydrogen) atoms. The van der Waals surface area contributed by atoms with E-state index in [0.29, 0.717) is 13.0 Å². The molecule has 134 valence electrons. The van der Waals surface area contributed by atoms with E-state index in [-0.39, 0.29) is 41.5 Å². The molecule has 0 spiro atoms. The average Bonchev–Trinajstić information content (AvgIpc) is 2.72. The van der Waals surface area contributed by atoms with Crippen LogP contribution in [0, 0.1) is 11.7 Å². The van der Waals surface area contributed by atoms with Crippen molar-refractivity contribution in [2.75, 3.05) is 13.1 Å². The standard InChI is InChI=1S/C17H21FN4O3/c1-11-4-7-22(25)8-5-17(11,24)16-20-14(9-15(23)21(16)2)12-3-6-19-10-13(12)18/h3,6,9-11,24-25H,4-5,7-8H2,1-2H3. The summed E-state index contributed by atoms with van der Waals surface area (Å²) < 4.78 is 15.3. The highest BCUT2D eigenvalue weighted by atomic mass is 19.1. The number of aromatic nitrogens is 3. The molecule has 0 saturated carbocycles. The Morgan fingerprint density at radius 3 is 2.88 bits per heavy atom. The molecule has 8 heteroatoms. The van der Waals surface area contributed by atoms with Crippen LogP contribution >= 0.6 is 0 Å². The lowest BCUT2D eigenvalue weighted by Gasteiger charge is -2.33. The Morgan fingerprint density at radius 2 is 2.16 bits per heavy atom. The maximum atomic E-state index is 14.1. The third kappa shape index (κ3) is 3.20. The van der Waals surface area contributed by atoms with Gasteiger partial charge in [-0.05, 0) is 24.8 Å². The van der Waals surface area contributed by atoms with Crippen LogP contribution in [-0.4, -0.2) is 43.0 Å². The van der Waals surface area contributed by atoms with Gasteiger partial charge in [-0.2, -0.15) is 5.06 Å². The van der Waals surface area contributed by atoms with Crippen molar-refractivity contribution in [2.45, 2.75) is 25.4 Å². The summed E-state index contributed by atoms with van der Waals surface area (Å²) in [5.41, 5.74) is -1.47. The molecule has 2 aromatic heterocycles. The molecule has 0 radical (unpaired) electrons. The van der Waals surface area contributed by atoms with Gasteiger partial charge in [0.05, 0.1) is 11.9 Å². The zero-order chi connectivity index (χ0) is 18.2. The van der Waals surface area contributed by atoms with Crippen molar-refractivity contribution in [3.05, 3.63) is 46.5 Å². The van der Waals surface area contributed by atoms with Gasteiger partial charge in [0, 0.05) is 38.0 Å². The highest BCUT2D eigenvalue weighted by molar-refractivity contribution is 5.58. The molecular weight excluding hydrogens is 327 g/mol. The molecule has 7 nitrogen and oxygen atoms in total. The lowest BCUT2D eigenvalue weighted by molar-refractivity contribution is -0.0947. The van der Waals surface area contributed by atoms with Gasteiger partial charge in [0.25, 0.3) is 5.56 Å². The van der Waals surface area contributed by atoms with Gasteiger partial charge < -0.3 is 10.3 Å². The number of hydrogen-bond donors (Lipinski definition) is 2. The first-order chi connectivity index (χ1) is 11.8. The Morgan fingerprint density at radius 1 is 1.40 bits per heavy atom. The first-order valence-electron chi connectivity index (χ1n) is 8.17. The van der Waals surface area contributed by atoms with Gasteiger partial charge in [-0.15, -0.1) is 0 Å². The van der Waals surface area contributed by atoms with Crippen molar-refractivity contribution < 1.29 is 14.7 Å². The van der Waals surface area contributed by atoms with Crippen molar-refractivity contribution in [2.24, 2.45) is 13.0 Å². The van der Waals surface area contributed by atoms with E-state index < -0.39 is 11.4 Å². The second-order valence-corrected chi connectivity index (χ2v) is 6.54. The molecule has 3 rings (SSSR count). The number of rotatable bonds is 2. The minimum absolute atomic E-state index is 0.155. The third-order valence-electron chi connectivity index (χ3n) is 4.96. The summed E-state index contributed by atoms with van der Waals surface area (Å²) in [5.74, 6) is -0.647. The number of aliphatic hydroxyl groups is 1. The summed E-state index contributed by atoms with van der Waals surface area (Å²) in [6.45, 7) is 2.53. The van der Waals surface area contributed by atoms with E-state index in [4.69, 9.17) is 0 Å². The SMILES string of the molecule is CC1CCN(O)CCC1(O)c1nc(-c2ccncc2F)cc(=O)n1C. The van der Waals surface area contributed by atoms with Gasteiger partial charge in [-0.1, -0.05) is 6.92 Å². The minimum Gasteiger partial charge on any atom is -0.382 e. The second-order valence-electron chi connectivity index (χ2n) is 6.54. The summed E-state index contributed by atoms with van der Waals surface area (Å²) >= 11 is 0. The third-order valence-corrected chi connectivity index (χ3v) is 4.96.